The number of halogens is 3. The van der Waals surface area contributed by atoms with Gasteiger partial charge in [0.25, 0.3) is 5.91 Å². The van der Waals surface area contributed by atoms with Crippen LogP contribution in [0.25, 0.3) is 0 Å². The van der Waals surface area contributed by atoms with Crippen molar-refractivity contribution in [2.24, 2.45) is 7.05 Å². The summed E-state index contributed by atoms with van der Waals surface area (Å²) in [6, 6.07) is 6.78. The number of amides is 1. The number of imidazole rings is 1. The summed E-state index contributed by atoms with van der Waals surface area (Å²) >= 11 is 1.42. The fourth-order valence-corrected chi connectivity index (χ4v) is 3.37. The van der Waals surface area contributed by atoms with Crippen LogP contribution in [-0.2, 0) is 19.0 Å². The molecular formula is C19H19F3N4O2S. The first-order valence-electron chi connectivity index (χ1n) is 8.54. The molecule has 0 bridgehead atoms. The van der Waals surface area contributed by atoms with Gasteiger partial charge in [0, 0.05) is 39.2 Å². The van der Waals surface area contributed by atoms with Gasteiger partial charge in [-0.05, 0) is 30.3 Å². The SMILES string of the molecule is CN(C)c1ccc(NC(=O)c2ccc(CSc3nccn3C)o2)c(C(F)(F)F)c1. The maximum absolute atomic E-state index is 13.4. The molecule has 10 heteroatoms. The molecule has 6 nitrogen and oxygen atoms in total. The second-order valence-corrected chi connectivity index (χ2v) is 7.39. The lowest BCUT2D eigenvalue weighted by molar-refractivity contribution is -0.136. The summed E-state index contributed by atoms with van der Waals surface area (Å²) in [5.41, 5.74) is -0.871. The summed E-state index contributed by atoms with van der Waals surface area (Å²) < 4.78 is 47.6. The van der Waals surface area contributed by atoms with Gasteiger partial charge in [-0.3, -0.25) is 4.79 Å². The molecule has 0 atom stereocenters. The smallest absolute Gasteiger partial charge is 0.418 e. The molecule has 0 radical (unpaired) electrons. The van der Waals surface area contributed by atoms with E-state index in [1.165, 1.54) is 30.0 Å². The molecule has 0 spiro atoms. The van der Waals surface area contributed by atoms with Gasteiger partial charge in [-0.2, -0.15) is 13.2 Å². The first-order chi connectivity index (χ1) is 13.6. The molecule has 2 heterocycles. The predicted molar refractivity (Wildman–Crippen MR) is 105 cm³/mol. The minimum absolute atomic E-state index is 0.0646. The Hall–Kier alpha value is -2.88. The molecule has 1 N–H and O–H groups in total. The van der Waals surface area contributed by atoms with Crippen LogP contribution in [0.1, 0.15) is 21.9 Å². The summed E-state index contributed by atoms with van der Waals surface area (Å²) in [5, 5.41) is 3.08. The molecule has 0 aliphatic rings. The van der Waals surface area contributed by atoms with Crippen molar-refractivity contribution in [3.8, 4) is 0 Å². The van der Waals surface area contributed by atoms with Crippen molar-refractivity contribution in [3.63, 3.8) is 0 Å². The molecule has 0 saturated carbocycles. The van der Waals surface area contributed by atoms with Crippen molar-refractivity contribution in [2.75, 3.05) is 24.3 Å². The van der Waals surface area contributed by atoms with Gasteiger partial charge in [0.15, 0.2) is 10.9 Å². The Kier molecular flexibility index (Phi) is 5.92. The van der Waals surface area contributed by atoms with Crippen LogP contribution in [0.5, 0.6) is 0 Å². The normalized spacial score (nSPS) is 11.5. The third kappa shape index (κ3) is 4.94. The monoisotopic (exact) mass is 424 g/mol. The Bertz CT molecular complexity index is 1010. The van der Waals surface area contributed by atoms with Crippen LogP contribution < -0.4 is 10.2 Å². The predicted octanol–water partition coefficient (Wildman–Crippen LogP) is 4.64. The molecule has 1 aromatic carbocycles. The van der Waals surface area contributed by atoms with Gasteiger partial charge in [0.2, 0.25) is 0 Å². The zero-order valence-electron chi connectivity index (χ0n) is 15.9. The van der Waals surface area contributed by atoms with E-state index in [9.17, 15) is 18.0 Å². The highest BCUT2D eigenvalue weighted by Crippen LogP contribution is 2.37. The first-order valence-corrected chi connectivity index (χ1v) is 9.52. The van der Waals surface area contributed by atoms with Crippen molar-refractivity contribution in [1.82, 2.24) is 9.55 Å². The topological polar surface area (TPSA) is 63.3 Å². The maximum atomic E-state index is 13.4. The summed E-state index contributed by atoms with van der Waals surface area (Å²) in [5.74, 6) is 0.137. The molecule has 0 aliphatic heterocycles. The molecule has 0 aliphatic carbocycles. The van der Waals surface area contributed by atoms with Gasteiger partial charge in [0.1, 0.15) is 5.76 Å². The number of furan rings is 1. The highest BCUT2D eigenvalue weighted by atomic mass is 32.2. The Morgan fingerprint density at radius 2 is 2.03 bits per heavy atom. The van der Waals surface area contributed by atoms with Crippen molar-refractivity contribution in [1.29, 1.82) is 0 Å². The second-order valence-electron chi connectivity index (χ2n) is 6.45. The number of aromatic nitrogens is 2. The molecule has 3 rings (SSSR count). The zero-order valence-corrected chi connectivity index (χ0v) is 16.8. The first kappa shape index (κ1) is 20.8. The molecule has 0 fully saturated rings. The van der Waals surface area contributed by atoms with Crippen LogP contribution in [0.15, 0.2) is 52.3 Å². The molecule has 29 heavy (non-hydrogen) atoms. The van der Waals surface area contributed by atoms with E-state index < -0.39 is 17.6 Å². The van der Waals surface area contributed by atoms with Gasteiger partial charge >= 0.3 is 6.18 Å². The quantitative estimate of drug-likeness (QED) is 0.584. The number of aryl methyl sites for hydroxylation is 1. The number of nitrogens with zero attached hydrogens (tertiary/aromatic N) is 3. The number of thioether (sulfide) groups is 1. The summed E-state index contributed by atoms with van der Waals surface area (Å²) in [7, 11) is 5.14. The largest absolute Gasteiger partial charge is 0.455 e. The zero-order chi connectivity index (χ0) is 21.2. The Morgan fingerprint density at radius 3 is 2.66 bits per heavy atom. The Labute approximate surface area is 169 Å². The number of benzene rings is 1. The van der Waals surface area contributed by atoms with E-state index in [1.807, 2.05) is 17.8 Å². The maximum Gasteiger partial charge on any atom is 0.418 e. The van der Waals surface area contributed by atoms with Crippen molar-refractivity contribution in [3.05, 3.63) is 59.8 Å². The highest BCUT2D eigenvalue weighted by Gasteiger charge is 2.34. The molecule has 2 aromatic heterocycles. The molecule has 1 amide bonds. The summed E-state index contributed by atoms with van der Waals surface area (Å²) in [6.07, 6.45) is -1.13. The lowest BCUT2D eigenvalue weighted by atomic mass is 10.1. The highest BCUT2D eigenvalue weighted by molar-refractivity contribution is 7.98. The third-order valence-corrected chi connectivity index (χ3v) is 5.16. The lowest BCUT2D eigenvalue weighted by Crippen LogP contribution is -2.17. The molecular weight excluding hydrogens is 405 g/mol. The van der Waals surface area contributed by atoms with E-state index in [-0.39, 0.29) is 11.4 Å². The number of rotatable bonds is 6. The van der Waals surface area contributed by atoms with E-state index in [2.05, 4.69) is 10.3 Å². The van der Waals surface area contributed by atoms with E-state index in [1.54, 1.807) is 31.3 Å². The molecule has 0 saturated heterocycles. The second kappa shape index (κ2) is 8.24. The molecule has 154 valence electrons. The average molecular weight is 424 g/mol. The lowest BCUT2D eigenvalue weighted by Gasteiger charge is -2.18. The van der Waals surface area contributed by atoms with E-state index >= 15 is 0 Å². The fourth-order valence-electron chi connectivity index (χ4n) is 2.54. The summed E-state index contributed by atoms with van der Waals surface area (Å²) in [6.45, 7) is 0. The van der Waals surface area contributed by atoms with Crippen LogP contribution in [0.3, 0.4) is 0 Å². The number of nitrogens with one attached hydrogen (secondary N) is 1. The van der Waals surface area contributed by atoms with Crippen molar-refractivity contribution < 1.29 is 22.4 Å². The van der Waals surface area contributed by atoms with Gasteiger partial charge in [-0.25, -0.2) is 4.98 Å². The van der Waals surface area contributed by atoms with Crippen molar-refractivity contribution in [2.45, 2.75) is 17.1 Å². The summed E-state index contributed by atoms with van der Waals surface area (Å²) in [4.78, 5) is 18.1. The van der Waals surface area contributed by atoms with Crippen LogP contribution in [0.2, 0.25) is 0 Å². The van der Waals surface area contributed by atoms with E-state index in [0.717, 1.165) is 11.2 Å². The Morgan fingerprint density at radius 1 is 1.28 bits per heavy atom. The number of alkyl halides is 3. The van der Waals surface area contributed by atoms with Crippen LogP contribution >= 0.6 is 11.8 Å². The fraction of sp³-hybridized carbons (Fsp3) is 0.263. The number of anilines is 2. The number of hydrogen-bond acceptors (Lipinski definition) is 5. The third-order valence-electron chi connectivity index (χ3n) is 4.08. The van der Waals surface area contributed by atoms with Crippen molar-refractivity contribution >= 4 is 29.0 Å². The molecule has 3 aromatic rings. The van der Waals surface area contributed by atoms with Crippen LogP contribution in [-0.4, -0.2) is 29.6 Å². The van der Waals surface area contributed by atoms with Gasteiger partial charge < -0.3 is 19.2 Å². The van der Waals surface area contributed by atoms with Gasteiger partial charge in [-0.1, -0.05) is 11.8 Å². The Balaban J connectivity index is 1.73. The number of carbonyl (C=O) groups excluding carboxylic acids is 1. The minimum atomic E-state index is -4.61. The molecule has 0 unspecified atom stereocenters. The van der Waals surface area contributed by atoms with Gasteiger partial charge in [0.05, 0.1) is 17.0 Å². The van der Waals surface area contributed by atoms with Crippen LogP contribution in [0.4, 0.5) is 24.5 Å². The van der Waals surface area contributed by atoms with E-state index in [4.69, 9.17) is 4.42 Å². The standard InChI is InChI=1S/C19H19F3N4O2S/c1-25(2)12-4-6-15(14(10-12)19(20,21)22)24-17(27)16-7-5-13(28-16)11-29-18-23-8-9-26(18)3/h4-10H,11H2,1-3H3,(H,24,27). The number of carbonyl (C=O) groups is 1. The van der Waals surface area contributed by atoms with E-state index in [0.29, 0.717) is 17.2 Å². The minimum Gasteiger partial charge on any atom is -0.455 e. The average Bonchev–Trinajstić information content (AvgIpc) is 3.28. The van der Waals surface area contributed by atoms with Gasteiger partial charge in [-0.15, -0.1) is 0 Å². The number of hydrogen-bond donors (Lipinski definition) is 1. The van der Waals surface area contributed by atoms with Crippen LogP contribution in [0, 0.1) is 0 Å².